The van der Waals surface area contributed by atoms with Crippen LogP contribution >= 0.6 is 0 Å². The van der Waals surface area contributed by atoms with E-state index < -0.39 is 0 Å². The summed E-state index contributed by atoms with van der Waals surface area (Å²) in [5.41, 5.74) is 2.92. The van der Waals surface area contributed by atoms with E-state index in [2.05, 4.69) is 28.4 Å². The fourth-order valence-electron chi connectivity index (χ4n) is 3.79. The van der Waals surface area contributed by atoms with Gasteiger partial charge in [0.1, 0.15) is 5.75 Å². The van der Waals surface area contributed by atoms with E-state index in [0.717, 1.165) is 51.2 Å². The molecular weight excluding hydrogens is 288 g/mol. The second-order valence-corrected chi connectivity index (χ2v) is 6.95. The molecule has 1 fully saturated rings. The Morgan fingerprint density at radius 3 is 2.83 bits per heavy atom. The fourth-order valence-corrected chi connectivity index (χ4v) is 3.79. The summed E-state index contributed by atoms with van der Waals surface area (Å²) in [6.07, 6.45) is 6.52. The van der Waals surface area contributed by atoms with Gasteiger partial charge in [0.2, 0.25) is 0 Å². The number of hydrogen-bond acceptors (Lipinski definition) is 4. The lowest BCUT2D eigenvalue weighted by molar-refractivity contribution is 0.0820. The van der Waals surface area contributed by atoms with E-state index in [-0.39, 0.29) is 6.10 Å². The standard InChI is InChI=1S/C19H30N2O2/c1-23-19-6-4-15-3-5-17(13-16(15)14-19)20-9-2-10-21-11-7-18(22)8-12-21/h4,6,14,17-18,20,22H,2-3,5,7-13H2,1H3. The third-order valence-corrected chi connectivity index (χ3v) is 5.28. The number of aryl methyl sites for hydroxylation is 1. The minimum Gasteiger partial charge on any atom is -0.497 e. The molecule has 1 saturated heterocycles. The van der Waals surface area contributed by atoms with Gasteiger partial charge in [-0.25, -0.2) is 0 Å². The highest BCUT2D eigenvalue weighted by Gasteiger charge is 2.19. The Balaban J connectivity index is 1.38. The number of nitrogens with one attached hydrogen (secondary N) is 1. The number of aliphatic hydroxyl groups is 1. The van der Waals surface area contributed by atoms with E-state index in [1.807, 2.05) is 0 Å². The van der Waals surface area contributed by atoms with Crippen molar-refractivity contribution in [2.75, 3.05) is 33.3 Å². The molecule has 2 aliphatic rings. The van der Waals surface area contributed by atoms with Crippen LogP contribution in [0.15, 0.2) is 18.2 Å². The van der Waals surface area contributed by atoms with Gasteiger partial charge >= 0.3 is 0 Å². The number of aliphatic hydroxyl groups excluding tert-OH is 1. The van der Waals surface area contributed by atoms with Crippen LogP contribution in [0.5, 0.6) is 5.75 Å². The Labute approximate surface area is 139 Å². The third kappa shape index (κ3) is 4.69. The second kappa shape index (κ2) is 8.13. The minimum atomic E-state index is -0.0660. The fraction of sp³-hybridized carbons (Fsp3) is 0.684. The van der Waals surface area contributed by atoms with Gasteiger partial charge in [-0.3, -0.25) is 0 Å². The average Bonchev–Trinajstić information content (AvgIpc) is 2.59. The molecule has 128 valence electrons. The molecule has 4 nitrogen and oxygen atoms in total. The van der Waals surface area contributed by atoms with E-state index in [4.69, 9.17) is 4.74 Å². The van der Waals surface area contributed by atoms with Gasteiger partial charge in [-0.15, -0.1) is 0 Å². The topological polar surface area (TPSA) is 44.7 Å². The predicted molar refractivity (Wildman–Crippen MR) is 93.1 cm³/mol. The highest BCUT2D eigenvalue weighted by Crippen LogP contribution is 2.25. The smallest absolute Gasteiger partial charge is 0.119 e. The molecule has 1 aromatic rings. The van der Waals surface area contributed by atoms with Crippen LogP contribution in [0.2, 0.25) is 0 Å². The molecule has 23 heavy (non-hydrogen) atoms. The predicted octanol–water partition coefficient (Wildman–Crippen LogP) is 1.99. The first-order chi connectivity index (χ1) is 11.2. The maximum absolute atomic E-state index is 9.54. The summed E-state index contributed by atoms with van der Waals surface area (Å²) < 4.78 is 5.35. The van der Waals surface area contributed by atoms with Crippen molar-refractivity contribution in [3.05, 3.63) is 29.3 Å². The van der Waals surface area contributed by atoms with Gasteiger partial charge in [0, 0.05) is 19.1 Å². The number of ether oxygens (including phenoxy) is 1. The van der Waals surface area contributed by atoms with Gasteiger partial charge in [-0.1, -0.05) is 6.07 Å². The summed E-state index contributed by atoms with van der Waals surface area (Å²) >= 11 is 0. The van der Waals surface area contributed by atoms with Crippen molar-refractivity contribution in [3.63, 3.8) is 0 Å². The highest BCUT2D eigenvalue weighted by atomic mass is 16.5. The molecule has 1 aromatic carbocycles. The molecule has 1 unspecified atom stereocenters. The van der Waals surface area contributed by atoms with Crippen LogP contribution in [0.3, 0.4) is 0 Å². The van der Waals surface area contributed by atoms with E-state index in [1.54, 1.807) is 7.11 Å². The SMILES string of the molecule is COc1ccc2c(c1)CC(NCCCN1CCC(O)CC1)CC2. The molecule has 1 atom stereocenters. The summed E-state index contributed by atoms with van der Waals surface area (Å²) in [7, 11) is 1.74. The molecule has 0 aromatic heterocycles. The van der Waals surface area contributed by atoms with Gasteiger partial charge in [-0.2, -0.15) is 0 Å². The van der Waals surface area contributed by atoms with Crippen molar-refractivity contribution < 1.29 is 9.84 Å². The first kappa shape index (κ1) is 16.7. The van der Waals surface area contributed by atoms with Gasteiger partial charge in [-0.05, 0) is 74.9 Å². The van der Waals surface area contributed by atoms with Crippen LogP contribution in [-0.4, -0.2) is 55.4 Å². The number of rotatable bonds is 6. The van der Waals surface area contributed by atoms with Crippen LogP contribution in [0.4, 0.5) is 0 Å². The molecule has 4 heteroatoms. The molecule has 0 saturated carbocycles. The zero-order valence-corrected chi connectivity index (χ0v) is 14.3. The summed E-state index contributed by atoms with van der Waals surface area (Å²) in [5.74, 6) is 0.969. The van der Waals surface area contributed by atoms with Crippen LogP contribution in [-0.2, 0) is 12.8 Å². The van der Waals surface area contributed by atoms with E-state index in [0.29, 0.717) is 6.04 Å². The van der Waals surface area contributed by atoms with Crippen molar-refractivity contribution in [1.29, 1.82) is 0 Å². The van der Waals surface area contributed by atoms with Gasteiger partial charge < -0.3 is 20.1 Å². The summed E-state index contributed by atoms with van der Waals surface area (Å²) in [5, 5.41) is 13.3. The Morgan fingerprint density at radius 2 is 2.04 bits per heavy atom. The lowest BCUT2D eigenvalue weighted by Gasteiger charge is -2.30. The summed E-state index contributed by atoms with van der Waals surface area (Å²) in [6, 6.07) is 7.08. The number of methoxy groups -OCH3 is 1. The van der Waals surface area contributed by atoms with Crippen LogP contribution in [0, 0.1) is 0 Å². The lowest BCUT2D eigenvalue weighted by Crippen LogP contribution is -2.39. The van der Waals surface area contributed by atoms with Crippen molar-refractivity contribution in [2.45, 2.75) is 50.7 Å². The first-order valence-corrected chi connectivity index (χ1v) is 9.04. The molecule has 1 aliphatic carbocycles. The Kier molecular flexibility index (Phi) is 5.92. The molecule has 0 spiro atoms. The molecule has 0 radical (unpaired) electrons. The quantitative estimate of drug-likeness (QED) is 0.788. The summed E-state index contributed by atoms with van der Waals surface area (Å²) in [4.78, 5) is 2.48. The van der Waals surface area contributed by atoms with Gasteiger partial charge in [0.15, 0.2) is 0 Å². The van der Waals surface area contributed by atoms with Crippen LogP contribution < -0.4 is 10.1 Å². The Bertz CT molecular complexity index is 498. The van der Waals surface area contributed by atoms with E-state index in [1.165, 1.54) is 30.4 Å². The molecular formula is C19H30N2O2. The number of likely N-dealkylation sites (tertiary alicyclic amines) is 1. The molecule has 3 rings (SSSR count). The van der Waals surface area contributed by atoms with Crippen molar-refractivity contribution in [1.82, 2.24) is 10.2 Å². The van der Waals surface area contributed by atoms with Crippen molar-refractivity contribution >= 4 is 0 Å². The molecule has 2 N–H and O–H groups in total. The largest absolute Gasteiger partial charge is 0.497 e. The second-order valence-electron chi connectivity index (χ2n) is 6.95. The number of hydrogen-bond donors (Lipinski definition) is 2. The maximum Gasteiger partial charge on any atom is 0.119 e. The average molecular weight is 318 g/mol. The van der Waals surface area contributed by atoms with Gasteiger partial charge in [0.25, 0.3) is 0 Å². The minimum absolute atomic E-state index is 0.0660. The van der Waals surface area contributed by atoms with Crippen molar-refractivity contribution in [2.24, 2.45) is 0 Å². The summed E-state index contributed by atoms with van der Waals surface area (Å²) in [6.45, 7) is 4.34. The number of fused-ring (bicyclic) bond motifs is 1. The normalized spacial score (nSPS) is 22.8. The molecule has 0 bridgehead atoms. The third-order valence-electron chi connectivity index (χ3n) is 5.28. The number of nitrogens with zero attached hydrogens (tertiary/aromatic N) is 1. The van der Waals surface area contributed by atoms with Crippen molar-refractivity contribution in [3.8, 4) is 5.75 Å². The molecule has 1 heterocycles. The van der Waals surface area contributed by atoms with Gasteiger partial charge in [0.05, 0.1) is 13.2 Å². The zero-order valence-electron chi connectivity index (χ0n) is 14.3. The number of benzene rings is 1. The van der Waals surface area contributed by atoms with Crippen LogP contribution in [0.1, 0.15) is 36.8 Å². The lowest BCUT2D eigenvalue weighted by atomic mass is 9.88. The Hall–Kier alpha value is -1.10. The Morgan fingerprint density at radius 1 is 1.22 bits per heavy atom. The maximum atomic E-state index is 9.54. The van der Waals surface area contributed by atoms with Crippen LogP contribution in [0.25, 0.3) is 0 Å². The number of piperidine rings is 1. The van der Waals surface area contributed by atoms with E-state index >= 15 is 0 Å². The zero-order chi connectivity index (χ0) is 16.1. The monoisotopic (exact) mass is 318 g/mol. The molecule has 1 aliphatic heterocycles. The van der Waals surface area contributed by atoms with E-state index in [9.17, 15) is 5.11 Å². The highest BCUT2D eigenvalue weighted by molar-refractivity contribution is 5.37. The first-order valence-electron chi connectivity index (χ1n) is 9.04. The molecule has 0 amide bonds.